The van der Waals surface area contributed by atoms with E-state index in [0.717, 1.165) is 11.3 Å². The molecule has 0 saturated heterocycles. The van der Waals surface area contributed by atoms with Gasteiger partial charge in [-0.25, -0.2) is 0 Å². The van der Waals surface area contributed by atoms with Crippen molar-refractivity contribution in [2.45, 2.75) is 26.2 Å². The zero-order valence-corrected chi connectivity index (χ0v) is 9.90. The maximum Gasteiger partial charge on any atom is 0.118 e. The molecule has 0 unspecified atom stereocenters. The van der Waals surface area contributed by atoms with Crippen molar-refractivity contribution in [3.63, 3.8) is 0 Å². The van der Waals surface area contributed by atoms with E-state index in [1.54, 1.807) is 7.11 Å². The van der Waals surface area contributed by atoms with Crippen molar-refractivity contribution in [2.24, 2.45) is 5.92 Å². The van der Waals surface area contributed by atoms with Crippen LogP contribution in [0.25, 0.3) is 0 Å². The van der Waals surface area contributed by atoms with Crippen molar-refractivity contribution < 1.29 is 14.6 Å². The van der Waals surface area contributed by atoms with Crippen LogP contribution in [0.4, 0.5) is 0 Å². The average molecular weight is 221 g/mol. The normalized spacial score (nSPS) is 12.5. The van der Waals surface area contributed by atoms with Crippen LogP contribution >= 0.6 is 0 Å². The number of ether oxygens (including phenoxy) is 1. The van der Waals surface area contributed by atoms with Gasteiger partial charge in [0.1, 0.15) is 5.75 Å². The number of benzene rings is 1. The van der Waals surface area contributed by atoms with Crippen LogP contribution in [0, 0.1) is 5.92 Å². The summed E-state index contributed by atoms with van der Waals surface area (Å²) in [6.07, 6.45) is 0.0595. The van der Waals surface area contributed by atoms with Crippen LogP contribution in [0.3, 0.4) is 0 Å². The third-order valence-electron chi connectivity index (χ3n) is 2.74. The van der Waals surface area contributed by atoms with Gasteiger partial charge in [0.15, 0.2) is 0 Å². The van der Waals surface area contributed by atoms with E-state index in [9.17, 15) is 9.90 Å². The Balaban J connectivity index is 2.88. The number of hydrogen-bond acceptors (Lipinski definition) is 3. The molecule has 0 radical (unpaired) electrons. The minimum atomic E-state index is -1.01. The molecule has 1 aromatic rings. The first-order chi connectivity index (χ1) is 7.54. The number of carboxylic acid groups (broad SMARTS) is 1. The molecule has 0 aliphatic carbocycles. The molecular weight excluding hydrogens is 204 g/mol. The highest BCUT2D eigenvalue weighted by atomic mass is 16.5. The van der Waals surface area contributed by atoms with Crippen LogP contribution in [-0.4, -0.2) is 13.1 Å². The van der Waals surface area contributed by atoms with Crippen molar-refractivity contribution in [3.05, 3.63) is 29.8 Å². The molecule has 0 fully saturated rings. The van der Waals surface area contributed by atoms with Gasteiger partial charge in [-0.2, -0.15) is 0 Å². The molecule has 0 amide bonds. The largest absolute Gasteiger partial charge is 0.550 e. The third kappa shape index (κ3) is 3.26. The van der Waals surface area contributed by atoms with Gasteiger partial charge >= 0.3 is 0 Å². The van der Waals surface area contributed by atoms with E-state index in [1.165, 1.54) is 0 Å². The van der Waals surface area contributed by atoms with Crippen molar-refractivity contribution >= 4 is 5.97 Å². The Morgan fingerprint density at radius 1 is 1.31 bits per heavy atom. The van der Waals surface area contributed by atoms with Gasteiger partial charge in [0.25, 0.3) is 0 Å². The van der Waals surface area contributed by atoms with Crippen molar-refractivity contribution in [3.8, 4) is 5.75 Å². The lowest BCUT2D eigenvalue weighted by Crippen LogP contribution is -2.26. The first kappa shape index (κ1) is 12.6. The lowest BCUT2D eigenvalue weighted by molar-refractivity contribution is -0.306. The van der Waals surface area contributed by atoms with E-state index >= 15 is 0 Å². The molecule has 88 valence electrons. The second-order valence-corrected chi connectivity index (χ2v) is 4.20. The molecule has 0 heterocycles. The molecule has 0 saturated carbocycles. The van der Waals surface area contributed by atoms with E-state index in [-0.39, 0.29) is 18.3 Å². The highest BCUT2D eigenvalue weighted by Gasteiger charge is 2.15. The highest BCUT2D eigenvalue weighted by Crippen LogP contribution is 2.28. The number of aliphatic carboxylic acids is 1. The molecular formula is C13H17O3-. The fraction of sp³-hybridized carbons (Fsp3) is 0.462. The maximum absolute atomic E-state index is 10.7. The fourth-order valence-corrected chi connectivity index (χ4v) is 1.77. The molecule has 0 aromatic heterocycles. The smallest absolute Gasteiger partial charge is 0.118 e. The number of carbonyl (C=O) groups excluding carboxylic acids is 1. The van der Waals surface area contributed by atoms with Gasteiger partial charge in [0.2, 0.25) is 0 Å². The first-order valence-corrected chi connectivity index (χ1v) is 5.38. The van der Waals surface area contributed by atoms with E-state index in [1.807, 2.05) is 38.1 Å². The summed E-state index contributed by atoms with van der Waals surface area (Å²) in [5, 5.41) is 10.7. The zero-order chi connectivity index (χ0) is 12.1. The third-order valence-corrected chi connectivity index (χ3v) is 2.74. The molecule has 16 heavy (non-hydrogen) atoms. The second kappa shape index (κ2) is 5.54. The summed E-state index contributed by atoms with van der Waals surface area (Å²) >= 11 is 0. The predicted molar refractivity (Wildman–Crippen MR) is 60.2 cm³/mol. The van der Waals surface area contributed by atoms with Crippen molar-refractivity contribution in [2.75, 3.05) is 7.11 Å². The van der Waals surface area contributed by atoms with Crippen LogP contribution in [0.15, 0.2) is 24.3 Å². The molecule has 0 aliphatic rings. The zero-order valence-electron chi connectivity index (χ0n) is 9.90. The molecule has 1 atom stereocenters. The molecule has 1 rings (SSSR count). The fourth-order valence-electron chi connectivity index (χ4n) is 1.77. The van der Waals surface area contributed by atoms with E-state index in [4.69, 9.17) is 4.74 Å². The summed E-state index contributed by atoms with van der Waals surface area (Å²) in [4.78, 5) is 10.7. The van der Waals surface area contributed by atoms with Gasteiger partial charge in [0, 0.05) is 5.97 Å². The van der Waals surface area contributed by atoms with Crippen LogP contribution in [-0.2, 0) is 4.79 Å². The van der Waals surface area contributed by atoms with Gasteiger partial charge in [-0.1, -0.05) is 26.0 Å². The molecule has 0 aliphatic heterocycles. The first-order valence-electron chi connectivity index (χ1n) is 5.38. The highest BCUT2D eigenvalue weighted by molar-refractivity contribution is 5.65. The summed E-state index contributed by atoms with van der Waals surface area (Å²) in [6.45, 7) is 4.02. The monoisotopic (exact) mass is 221 g/mol. The van der Waals surface area contributed by atoms with Crippen LogP contribution in [0.2, 0.25) is 0 Å². The minimum Gasteiger partial charge on any atom is -0.550 e. The lowest BCUT2D eigenvalue weighted by Gasteiger charge is -2.22. The number of methoxy groups -OCH3 is 1. The summed E-state index contributed by atoms with van der Waals surface area (Å²) in [6, 6.07) is 7.51. The molecule has 0 N–H and O–H groups in total. The van der Waals surface area contributed by atoms with E-state index in [0.29, 0.717) is 0 Å². The van der Waals surface area contributed by atoms with Gasteiger partial charge in [-0.15, -0.1) is 0 Å². The van der Waals surface area contributed by atoms with Crippen molar-refractivity contribution in [1.29, 1.82) is 0 Å². The molecule has 0 bridgehead atoms. The molecule has 3 nitrogen and oxygen atoms in total. The SMILES string of the molecule is COc1ccc([C@@H](CC(=O)[O-])C(C)C)cc1. The number of carbonyl (C=O) groups is 1. The van der Waals surface area contributed by atoms with E-state index in [2.05, 4.69) is 0 Å². The Bertz CT molecular complexity index is 341. The van der Waals surface area contributed by atoms with Crippen LogP contribution in [0.5, 0.6) is 5.75 Å². The molecule has 3 heteroatoms. The topological polar surface area (TPSA) is 49.4 Å². The predicted octanol–water partition coefficient (Wildman–Crippen LogP) is 1.57. The maximum atomic E-state index is 10.7. The van der Waals surface area contributed by atoms with Gasteiger partial charge in [-0.3, -0.25) is 0 Å². The Hall–Kier alpha value is -1.51. The van der Waals surface area contributed by atoms with Crippen LogP contribution < -0.4 is 9.84 Å². The quantitative estimate of drug-likeness (QED) is 0.758. The van der Waals surface area contributed by atoms with E-state index < -0.39 is 5.97 Å². The Kier molecular flexibility index (Phi) is 4.35. The number of rotatable bonds is 5. The Morgan fingerprint density at radius 2 is 1.88 bits per heavy atom. The molecule has 1 aromatic carbocycles. The van der Waals surface area contributed by atoms with Gasteiger partial charge in [-0.05, 0) is 36.0 Å². The number of carboxylic acids is 1. The lowest BCUT2D eigenvalue weighted by atomic mass is 9.86. The summed E-state index contributed by atoms with van der Waals surface area (Å²) in [5.74, 6) is 0.0384. The number of hydrogen-bond donors (Lipinski definition) is 0. The average Bonchev–Trinajstić information content (AvgIpc) is 2.25. The summed E-state index contributed by atoms with van der Waals surface area (Å²) < 4.78 is 5.06. The van der Waals surface area contributed by atoms with Crippen molar-refractivity contribution in [1.82, 2.24) is 0 Å². The van der Waals surface area contributed by atoms with Crippen LogP contribution in [0.1, 0.15) is 31.7 Å². The second-order valence-electron chi connectivity index (χ2n) is 4.20. The minimum absolute atomic E-state index is 0.00379. The van der Waals surface area contributed by atoms with Gasteiger partial charge < -0.3 is 14.6 Å². The Labute approximate surface area is 96.1 Å². The van der Waals surface area contributed by atoms with Gasteiger partial charge in [0.05, 0.1) is 7.11 Å². The standard InChI is InChI=1S/C13H18O3/c1-9(2)12(8-13(14)15)10-4-6-11(16-3)7-5-10/h4-7,9,12H,8H2,1-3H3,(H,14,15)/p-1/t12-/m0/s1. The molecule has 0 spiro atoms. The summed E-state index contributed by atoms with van der Waals surface area (Å²) in [7, 11) is 1.61. The Morgan fingerprint density at radius 3 is 2.25 bits per heavy atom. The summed E-state index contributed by atoms with van der Waals surface area (Å²) in [5.41, 5.74) is 1.01.